The maximum absolute atomic E-state index is 12.8. The fraction of sp³-hybridized carbons (Fsp3) is 0.200. The van der Waals surface area contributed by atoms with Gasteiger partial charge in [-0.05, 0) is 47.7 Å². The second kappa shape index (κ2) is 7.69. The molecule has 1 aliphatic carbocycles. The van der Waals surface area contributed by atoms with Crippen molar-refractivity contribution in [3.63, 3.8) is 0 Å². The molecule has 156 valence electrons. The van der Waals surface area contributed by atoms with Gasteiger partial charge in [-0.25, -0.2) is 13.1 Å². The summed E-state index contributed by atoms with van der Waals surface area (Å²) in [6, 6.07) is 13.6. The first kappa shape index (κ1) is 20.3. The number of hydrogen-bond donors (Lipinski definition) is 1. The van der Waals surface area contributed by atoms with E-state index in [1.54, 1.807) is 12.1 Å². The van der Waals surface area contributed by atoms with Crippen LogP contribution in [0.25, 0.3) is 12.2 Å². The average Bonchev–Trinajstić information content (AvgIpc) is 3.32. The first-order valence-corrected chi connectivity index (χ1v) is 10.5. The van der Waals surface area contributed by atoms with Gasteiger partial charge in [0.2, 0.25) is 10.0 Å². The van der Waals surface area contributed by atoms with Crippen LogP contribution in [0.3, 0.4) is 0 Å². The molecule has 0 unspecified atom stereocenters. The highest BCUT2D eigenvalue weighted by Crippen LogP contribution is 2.27. The van der Waals surface area contributed by atoms with Gasteiger partial charge in [-0.2, -0.15) is 18.2 Å². The van der Waals surface area contributed by atoms with Crippen molar-refractivity contribution in [2.45, 2.75) is 30.0 Å². The Hall–Kier alpha value is -2.98. The summed E-state index contributed by atoms with van der Waals surface area (Å²) >= 11 is 0. The van der Waals surface area contributed by atoms with Crippen LogP contribution in [0.5, 0.6) is 0 Å². The predicted octanol–water partition coefficient (Wildman–Crippen LogP) is 3.70. The van der Waals surface area contributed by atoms with Crippen LogP contribution < -0.4 is 4.72 Å². The summed E-state index contributed by atoms with van der Waals surface area (Å²) in [4.78, 5) is 3.30. The molecule has 0 atom stereocenters. The lowest BCUT2D eigenvalue weighted by atomic mass is 10.1. The van der Waals surface area contributed by atoms with Crippen molar-refractivity contribution in [2.75, 3.05) is 0 Å². The Morgan fingerprint density at radius 3 is 2.37 bits per heavy atom. The Balaban J connectivity index is 1.48. The van der Waals surface area contributed by atoms with Crippen LogP contribution in [0.15, 0.2) is 57.9 Å². The lowest BCUT2D eigenvalue weighted by Crippen LogP contribution is -2.35. The summed E-state index contributed by atoms with van der Waals surface area (Å²) in [6.07, 6.45) is -0.859. The second-order valence-electron chi connectivity index (χ2n) is 6.86. The zero-order valence-corrected chi connectivity index (χ0v) is 16.2. The van der Waals surface area contributed by atoms with Crippen molar-refractivity contribution < 1.29 is 26.1 Å². The quantitative estimate of drug-likeness (QED) is 0.661. The van der Waals surface area contributed by atoms with Crippen LogP contribution >= 0.6 is 0 Å². The van der Waals surface area contributed by atoms with Crippen molar-refractivity contribution in [3.8, 4) is 0 Å². The van der Waals surface area contributed by atoms with E-state index in [0.29, 0.717) is 18.4 Å². The van der Waals surface area contributed by atoms with Gasteiger partial charge in [-0.1, -0.05) is 47.6 Å². The van der Waals surface area contributed by atoms with Crippen LogP contribution in [-0.2, 0) is 29.0 Å². The fourth-order valence-electron chi connectivity index (χ4n) is 3.30. The van der Waals surface area contributed by atoms with E-state index >= 15 is 0 Å². The molecular formula is C20H16F3N3O3S. The molecule has 0 bridgehead atoms. The number of fused-ring (bicyclic) bond motifs is 1. The third-order valence-corrected chi connectivity index (χ3v) is 6.17. The number of sulfonamides is 1. The largest absolute Gasteiger partial charge is 0.471 e. The molecule has 0 saturated carbocycles. The molecule has 0 fully saturated rings. The van der Waals surface area contributed by atoms with Gasteiger partial charge in [0.05, 0.1) is 4.90 Å². The molecule has 0 saturated heterocycles. The normalized spacial score (nSPS) is 15.0. The molecule has 4 rings (SSSR count). The Morgan fingerprint density at radius 2 is 1.73 bits per heavy atom. The van der Waals surface area contributed by atoms with Crippen LogP contribution in [0.4, 0.5) is 13.2 Å². The smallest absolute Gasteiger partial charge is 0.329 e. The number of alkyl halides is 3. The number of nitrogens with one attached hydrogen (secondary N) is 1. The van der Waals surface area contributed by atoms with Gasteiger partial charge in [-0.15, -0.1) is 0 Å². The zero-order chi connectivity index (χ0) is 21.4. The molecule has 0 aliphatic heterocycles. The molecule has 0 spiro atoms. The van der Waals surface area contributed by atoms with Crippen molar-refractivity contribution in [1.82, 2.24) is 14.9 Å². The van der Waals surface area contributed by atoms with Crippen LogP contribution in [-0.4, -0.2) is 24.6 Å². The van der Waals surface area contributed by atoms with Crippen molar-refractivity contribution in [1.29, 1.82) is 0 Å². The summed E-state index contributed by atoms with van der Waals surface area (Å²) in [7, 11) is -3.76. The number of nitrogens with zero attached hydrogens (tertiary/aromatic N) is 2. The number of halogens is 3. The highest BCUT2D eigenvalue weighted by Gasteiger charge is 2.38. The molecule has 2 aromatic carbocycles. The molecule has 0 amide bonds. The van der Waals surface area contributed by atoms with E-state index in [1.165, 1.54) is 24.3 Å². The third kappa shape index (κ3) is 4.44. The van der Waals surface area contributed by atoms with E-state index < -0.39 is 22.1 Å². The first-order valence-electron chi connectivity index (χ1n) is 8.99. The molecule has 0 radical (unpaired) electrons. The summed E-state index contributed by atoms with van der Waals surface area (Å²) in [5.41, 5.74) is 2.71. The Morgan fingerprint density at radius 1 is 1.03 bits per heavy atom. The van der Waals surface area contributed by atoms with Crippen LogP contribution in [0, 0.1) is 0 Å². The second-order valence-corrected chi connectivity index (χ2v) is 8.57. The number of aromatic nitrogens is 2. The monoisotopic (exact) mass is 435 g/mol. The van der Waals surface area contributed by atoms with Gasteiger partial charge in [0.25, 0.3) is 0 Å². The number of benzene rings is 2. The van der Waals surface area contributed by atoms with Gasteiger partial charge >= 0.3 is 12.1 Å². The molecular weight excluding hydrogens is 419 g/mol. The minimum absolute atomic E-state index is 0.0599. The molecule has 1 aliphatic rings. The molecule has 10 heteroatoms. The van der Waals surface area contributed by atoms with Gasteiger partial charge in [0.1, 0.15) is 0 Å². The van der Waals surface area contributed by atoms with Crippen molar-refractivity contribution >= 4 is 22.2 Å². The minimum atomic E-state index is -4.72. The van der Waals surface area contributed by atoms with Crippen LogP contribution in [0.1, 0.15) is 28.4 Å². The summed E-state index contributed by atoms with van der Waals surface area (Å²) in [5, 5.41) is 3.23. The topological polar surface area (TPSA) is 85.1 Å². The lowest BCUT2D eigenvalue weighted by Gasteiger charge is -2.13. The minimum Gasteiger partial charge on any atom is -0.329 e. The zero-order valence-electron chi connectivity index (χ0n) is 15.4. The lowest BCUT2D eigenvalue weighted by molar-refractivity contribution is -0.159. The number of hydrogen-bond acceptors (Lipinski definition) is 5. The summed E-state index contributed by atoms with van der Waals surface area (Å²) in [6.45, 7) is 0. The van der Waals surface area contributed by atoms with Gasteiger partial charge in [0, 0.05) is 6.04 Å². The Labute approximate surface area is 170 Å². The molecule has 1 aromatic heterocycles. The number of rotatable bonds is 5. The molecule has 30 heavy (non-hydrogen) atoms. The fourth-order valence-corrected chi connectivity index (χ4v) is 4.59. The predicted molar refractivity (Wildman–Crippen MR) is 103 cm³/mol. The first-order chi connectivity index (χ1) is 14.2. The highest BCUT2D eigenvalue weighted by atomic mass is 32.2. The van der Waals surface area contributed by atoms with Crippen molar-refractivity contribution in [2.24, 2.45) is 0 Å². The van der Waals surface area contributed by atoms with Gasteiger partial charge < -0.3 is 4.52 Å². The SMILES string of the molecule is O=S(=O)(NC1Cc2ccccc2C1)c1cccc(/C=C/c2noc(C(F)(F)F)n2)c1. The average molecular weight is 435 g/mol. The van der Waals surface area contributed by atoms with Crippen LogP contribution in [0.2, 0.25) is 0 Å². The van der Waals surface area contributed by atoms with E-state index in [0.717, 1.165) is 11.1 Å². The van der Waals surface area contributed by atoms with E-state index in [1.807, 2.05) is 24.3 Å². The summed E-state index contributed by atoms with van der Waals surface area (Å²) < 4.78 is 70.0. The van der Waals surface area contributed by atoms with E-state index in [2.05, 4.69) is 19.4 Å². The third-order valence-electron chi connectivity index (χ3n) is 4.65. The Kier molecular flexibility index (Phi) is 5.20. The molecule has 3 aromatic rings. The van der Waals surface area contributed by atoms with Crippen molar-refractivity contribution in [3.05, 3.63) is 76.9 Å². The van der Waals surface area contributed by atoms with Gasteiger partial charge in [0.15, 0.2) is 5.82 Å². The molecule has 6 nitrogen and oxygen atoms in total. The van der Waals surface area contributed by atoms with E-state index in [9.17, 15) is 21.6 Å². The Bertz CT molecular complexity index is 1180. The van der Waals surface area contributed by atoms with Gasteiger partial charge in [-0.3, -0.25) is 0 Å². The molecule has 1 heterocycles. The standard InChI is InChI=1S/C20H16F3N3O3S/c21-20(22,23)19-24-18(25-29-19)9-8-13-4-3-7-17(10-13)30(27,28)26-16-11-14-5-1-2-6-15(14)12-16/h1-10,16,26H,11-12H2/b9-8+. The van der Waals surface area contributed by atoms with E-state index in [-0.39, 0.29) is 16.8 Å². The van der Waals surface area contributed by atoms with E-state index in [4.69, 9.17) is 0 Å². The highest BCUT2D eigenvalue weighted by molar-refractivity contribution is 7.89. The maximum Gasteiger partial charge on any atom is 0.471 e. The maximum atomic E-state index is 12.8. The summed E-state index contributed by atoms with van der Waals surface area (Å²) in [5.74, 6) is -1.71. The molecule has 1 N–H and O–H groups in total.